The number of esters is 1. The van der Waals surface area contributed by atoms with Gasteiger partial charge >= 0.3 is 5.97 Å². The number of rotatable bonds is 7. The van der Waals surface area contributed by atoms with Gasteiger partial charge in [0.2, 0.25) is 0 Å². The first-order valence-corrected chi connectivity index (χ1v) is 11.2. The summed E-state index contributed by atoms with van der Waals surface area (Å²) in [5.41, 5.74) is 0.893. The van der Waals surface area contributed by atoms with Gasteiger partial charge in [0.15, 0.2) is 5.13 Å². The Hall–Kier alpha value is -1.81. The molecule has 0 spiro atoms. The van der Waals surface area contributed by atoms with Gasteiger partial charge in [-0.1, -0.05) is 41.5 Å². The van der Waals surface area contributed by atoms with Crippen molar-refractivity contribution < 1.29 is 19.1 Å². The summed E-state index contributed by atoms with van der Waals surface area (Å²) in [6.45, 7) is 5.55. The zero-order valence-corrected chi connectivity index (χ0v) is 19.3. The summed E-state index contributed by atoms with van der Waals surface area (Å²) in [6, 6.07) is -0.196. The maximum atomic E-state index is 12.8. The lowest BCUT2D eigenvalue weighted by Crippen LogP contribution is -2.55. The summed E-state index contributed by atoms with van der Waals surface area (Å²) in [7, 11) is 1.34. The van der Waals surface area contributed by atoms with Gasteiger partial charge in [-0.15, -0.1) is 0 Å². The van der Waals surface area contributed by atoms with Gasteiger partial charge in [0, 0.05) is 25.4 Å². The van der Waals surface area contributed by atoms with Gasteiger partial charge in [-0.25, -0.2) is 9.78 Å². The summed E-state index contributed by atoms with van der Waals surface area (Å²) >= 11 is 13.5. The van der Waals surface area contributed by atoms with Crippen LogP contribution in [0.3, 0.4) is 0 Å². The zero-order chi connectivity index (χ0) is 21.8. The molecule has 2 N–H and O–H groups in total. The number of hydrogen-bond donors (Lipinski definition) is 2. The molecule has 1 saturated heterocycles. The Morgan fingerprint density at radius 2 is 2.17 bits per heavy atom. The number of nitrogens with zero attached hydrogens (tertiary/aromatic N) is 2. The largest absolute Gasteiger partial charge is 0.465 e. The highest BCUT2D eigenvalue weighted by Gasteiger charge is 2.33. The Morgan fingerprint density at radius 3 is 2.80 bits per heavy atom. The van der Waals surface area contributed by atoms with Crippen LogP contribution in [0.4, 0.5) is 5.13 Å². The molecule has 0 bridgehead atoms. The predicted octanol–water partition coefficient (Wildman–Crippen LogP) is 3.68. The van der Waals surface area contributed by atoms with Crippen LogP contribution in [0.25, 0.3) is 0 Å². The third-order valence-corrected chi connectivity index (χ3v) is 6.83. The van der Waals surface area contributed by atoms with Gasteiger partial charge < -0.3 is 24.7 Å². The summed E-state index contributed by atoms with van der Waals surface area (Å²) in [5, 5.41) is 4.31. The minimum atomic E-state index is -0.406. The lowest BCUT2D eigenvalue weighted by atomic mass is 10.0. The number of carbonyl (C=O) groups excluding carboxylic acids is 2. The zero-order valence-electron chi connectivity index (χ0n) is 17.0. The molecule has 2 unspecified atom stereocenters. The second kappa shape index (κ2) is 10.00. The molecule has 3 heterocycles. The van der Waals surface area contributed by atoms with Crippen LogP contribution < -0.4 is 10.2 Å². The van der Waals surface area contributed by atoms with E-state index in [1.807, 2.05) is 6.92 Å². The van der Waals surface area contributed by atoms with Gasteiger partial charge in [-0.05, 0) is 19.8 Å². The lowest BCUT2D eigenvalue weighted by molar-refractivity contribution is 0.0205. The molecule has 0 radical (unpaired) electrons. The molecule has 2 aromatic rings. The molecule has 11 heteroatoms. The fourth-order valence-corrected chi connectivity index (χ4v) is 4.55. The summed E-state index contributed by atoms with van der Waals surface area (Å²) in [5.74, 6) is -0.725. The third-order valence-electron chi connectivity index (χ3n) is 4.84. The number of ether oxygens (including phenoxy) is 2. The van der Waals surface area contributed by atoms with Crippen molar-refractivity contribution in [1.82, 2.24) is 15.3 Å². The number of halogens is 2. The topological polar surface area (TPSA) is 96.5 Å². The number of aromatic nitrogens is 2. The van der Waals surface area contributed by atoms with Crippen molar-refractivity contribution in [3.8, 4) is 0 Å². The molecular formula is C19H24Cl2N4O4S. The standard InChI is InChI=1S/C19H24Cl2N4O4S/c1-4-7-29-12-9-25(19-22-8-13(30-19)18(27)28-3)6-5-11(12)24-17(26)16-15(21)14(20)10(2)23-16/h8,11-12,23H,4-7,9H2,1-3H3,(H,24,26). The van der Waals surface area contributed by atoms with Crippen LogP contribution in [-0.4, -0.2) is 60.8 Å². The minimum Gasteiger partial charge on any atom is -0.465 e. The Kier molecular flexibility index (Phi) is 7.62. The molecule has 1 aliphatic heterocycles. The Morgan fingerprint density at radius 1 is 1.40 bits per heavy atom. The molecule has 3 rings (SSSR count). The molecule has 0 saturated carbocycles. The van der Waals surface area contributed by atoms with E-state index in [9.17, 15) is 9.59 Å². The quantitative estimate of drug-likeness (QED) is 0.594. The van der Waals surface area contributed by atoms with Crippen LogP contribution in [0.2, 0.25) is 10.0 Å². The number of anilines is 1. The van der Waals surface area contributed by atoms with E-state index in [0.717, 1.165) is 11.6 Å². The number of thiazole rings is 1. The molecule has 164 valence electrons. The van der Waals surface area contributed by atoms with Gasteiger partial charge in [0.25, 0.3) is 5.91 Å². The highest BCUT2D eigenvalue weighted by molar-refractivity contribution is 7.17. The van der Waals surface area contributed by atoms with Crippen LogP contribution in [-0.2, 0) is 9.47 Å². The second-order valence-corrected chi connectivity index (χ2v) is 8.74. The number of H-pyrrole nitrogens is 1. The first-order chi connectivity index (χ1) is 14.3. The van der Waals surface area contributed by atoms with E-state index in [0.29, 0.717) is 41.7 Å². The Labute approximate surface area is 188 Å². The fraction of sp³-hybridized carbons (Fsp3) is 0.526. The minimum absolute atomic E-state index is 0.196. The number of aryl methyl sites for hydroxylation is 1. The van der Waals surface area contributed by atoms with Crippen molar-refractivity contribution in [3.63, 3.8) is 0 Å². The SMILES string of the molecule is CCCOC1CN(c2ncc(C(=O)OC)s2)CCC1NC(=O)c1[nH]c(C)c(Cl)c1Cl. The van der Waals surface area contributed by atoms with Crippen LogP contribution >= 0.6 is 34.5 Å². The van der Waals surface area contributed by atoms with Crippen molar-refractivity contribution in [3.05, 3.63) is 32.5 Å². The average Bonchev–Trinajstić information content (AvgIpc) is 3.33. The number of nitrogens with one attached hydrogen (secondary N) is 2. The maximum Gasteiger partial charge on any atom is 0.349 e. The van der Waals surface area contributed by atoms with E-state index in [-0.39, 0.29) is 28.8 Å². The second-order valence-electron chi connectivity index (χ2n) is 6.98. The maximum absolute atomic E-state index is 12.8. The average molecular weight is 475 g/mol. The molecule has 0 aromatic carbocycles. The highest BCUT2D eigenvalue weighted by atomic mass is 35.5. The fourth-order valence-electron chi connectivity index (χ4n) is 3.27. The van der Waals surface area contributed by atoms with Gasteiger partial charge in [-0.2, -0.15) is 0 Å². The Bertz CT molecular complexity index is 916. The van der Waals surface area contributed by atoms with Crippen LogP contribution in [0.5, 0.6) is 0 Å². The number of piperidine rings is 1. The van der Waals surface area contributed by atoms with Gasteiger partial charge in [0.1, 0.15) is 10.6 Å². The van der Waals surface area contributed by atoms with E-state index in [2.05, 4.69) is 20.2 Å². The molecule has 2 atom stereocenters. The molecule has 1 aliphatic rings. The van der Waals surface area contributed by atoms with E-state index in [1.165, 1.54) is 24.6 Å². The first kappa shape index (κ1) is 22.9. The molecule has 1 amide bonds. The monoisotopic (exact) mass is 474 g/mol. The molecule has 1 fully saturated rings. The summed E-state index contributed by atoms with van der Waals surface area (Å²) in [4.78, 5) is 34.3. The van der Waals surface area contributed by atoms with Crippen molar-refractivity contribution in [2.24, 2.45) is 0 Å². The Balaban J connectivity index is 1.71. The molecular weight excluding hydrogens is 451 g/mol. The molecule has 8 nitrogen and oxygen atoms in total. The van der Waals surface area contributed by atoms with E-state index in [4.69, 9.17) is 32.7 Å². The lowest BCUT2D eigenvalue weighted by Gasteiger charge is -2.38. The number of carbonyl (C=O) groups is 2. The number of aromatic amines is 1. The van der Waals surface area contributed by atoms with Crippen molar-refractivity contribution in [2.45, 2.75) is 38.8 Å². The number of amides is 1. The number of methoxy groups -OCH3 is 1. The van der Waals surface area contributed by atoms with E-state index in [1.54, 1.807) is 6.92 Å². The predicted molar refractivity (Wildman–Crippen MR) is 117 cm³/mol. The summed E-state index contributed by atoms with van der Waals surface area (Å²) in [6.07, 6.45) is 2.79. The van der Waals surface area contributed by atoms with Crippen LogP contribution in [0.1, 0.15) is 45.6 Å². The molecule has 30 heavy (non-hydrogen) atoms. The molecule has 2 aromatic heterocycles. The number of hydrogen-bond acceptors (Lipinski definition) is 7. The normalized spacial score (nSPS) is 19.0. The van der Waals surface area contributed by atoms with Crippen LogP contribution in [0, 0.1) is 6.92 Å². The van der Waals surface area contributed by atoms with Gasteiger partial charge in [0.05, 0.1) is 35.5 Å². The van der Waals surface area contributed by atoms with Gasteiger partial charge in [-0.3, -0.25) is 4.79 Å². The molecule has 0 aliphatic carbocycles. The van der Waals surface area contributed by atoms with Crippen molar-refractivity contribution >= 4 is 51.5 Å². The van der Waals surface area contributed by atoms with Crippen LogP contribution in [0.15, 0.2) is 6.20 Å². The highest BCUT2D eigenvalue weighted by Crippen LogP contribution is 2.30. The van der Waals surface area contributed by atoms with E-state index < -0.39 is 5.97 Å². The summed E-state index contributed by atoms with van der Waals surface area (Å²) < 4.78 is 10.8. The van der Waals surface area contributed by atoms with Crippen molar-refractivity contribution in [2.75, 3.05) is 31.7 Å². The van der Waals surface area contributed by atoms with E-state index >= 15 is 0 Å². The third kappa shape index (κ3) is 4.91. The van der Waals surface area contributed by atoms with Crippen molar-refractivity contribution in [1.29, 1.82) is 0 Å². The smallest absolute Gasteiger partial charge is 0.349 e. The first-order valence-electron chi connectivity index (χ1n) is 9.60.